The second kappa shape index (κ2) is 10.1. The molecule has 3 nitrogen and oxygen atoms in total. The third-order valence-corrected chi connectivity index (χ3v) is 2.90. The summed E-state index contributed by atoms with van der Waals surface area (Å²) in [5.74, 6) is 0. The van der Waals surface area contributed by atoms with Crippen molar-refractivity contribution in [3.63, 3.8) is 0 Å². The molecular formula is C15H25NO2. The van der Waals surface area contributed by atoms with Gasteiger partial charge in [0.2, 0.25) is 0 Å². The third kappa shape index (κ3) is 6.15. The summed E-state index contributed by atoms with van der Waals surface area (Å²) in [7, 11) is 1.69. The molecule has 0 spiro atoms. The standard InChI is InChI=1S/C15H25NO2/c1-3-15(14-8-5-4-6-9-14)16-10-7-11-18-13-12-17-2/h4-6,8-9,15-16H,3,7,10-13H2,1-2H3. The number of ether oxygens (including phenoxy) is 2. The Morgan fingerprint density at radius 1 is 1.11 bits per heavy atom. The van der Waals surface area contributed by atoms with E-state index in [9.17, 15) is 0 Å². The van der Waals surface area contributed by atoms with Crippen molar-refractivity contribution in [2.45, 2.75) is 25.8 Å². The van der Waals surface area contributed by atoms with Crippen molar-refractivity contribution in [2.24, 2.45) is 0 Å². The summed E-state index contributed by atoms with van der Waals surface area (Å²) in [6, 6.07) is 11.0. The Morgan fingerprint density at radius 3 is 2.56 bits per heavy atom. The number of benzene rings is 1. The SMILES string of the molecule is CCC(NCCCOCCOC)c1ccccc1. The first kappa shape index (κ1) is 15.2. The van der Waals surface area contributed by atoms with Gasteiger partial charge in [-0.1, -0.05) is 37.3 Å². The fraction of sp³-hybridized carbons (Fsp3) is 0.600. The highest BCUT2D eigenvalue weighted by Gasteiger charge is 2.06. The molecule has 0 amide bonds. The fourth-order valence-corrected chi connectivity index (χ4v) is 1.88. The van der Waals surface area contributed by atoms with Gasteiger partial charge in [0.1, 0.15) is 0 Å². The highest BCUT2D eigenvalue weighted by molar-refractivity contribution is 5.18. The summed E-state index contributed by atoms with van der Waals surface area (Å²) in [4.78, 5) is 0. The predicted molar refractivity (Wildman–Crippen MR) is 74.8 cm³/mol. The van der Waals surface area contributed by atoms with Gasteiger partial charge in [0.15, 0.2) is 0 Å². The van der Waals surface area contributed by atoms with E-state index in [1.807, 2.05) is 0 Å². The van der Waals surface area contributed by atoms with Crippen LogP contribution in [0.2, 0.25) is 0 Å². The van der Waals surface area contributed by atoms with Gasteiger partial charge in [-0.05, 0) is 24.9 Å². The first-order valence-corrected chi connectivity index (χ1v) is 6.73. The van der Waals surface area contributed by atoms with Crippen LogP contribution in [0.5, 0.6) is 0 Å². The minimum absolute atomic E-state index is 0.449. The van der Waals surface area contributed by atoms with Crippen LogP contribution in [0, 0.1) is 0 Å². The van der Waals surface area contributed by atoms with Gasteiger partial charge >= 0.3 is 0 Å². The number of methoxy groups -OCH3 is 1. The minimum atomic E-state index is 0.449. The van der Waals surface area contributed by atoms with Gasteiger partial charge in [-0.25, -0.2) is 0 Å². The van der Waals surface area contributed by atoms with Crippen LogP contribution < -0.4 is 5.32 Å². The lowest BCUT2D eigenvalue weighted by Gasteiger charge is -2.17. The van der Waals surface area contributed by atoms with Gasteiger partial charge < -0.3 is 14.8 Å². The molecular weight excluding hydrogens is 226 g/mol. The third-order valence-electron chi connectivity index (χ3n) is 2.90. The van der Waals surface area contributed by atoms with Gasteiger partial charge in [-0.3, -0.25) is 0 Å². The molecule has 0 bridgehead atoms. The van der Waals surface area contributed by atoms with Crippen LogP contribution in [0.3, 0.4) is 0 Å². The zero-order valence-electron chi connectivity index (χ0n) is 11.5. The average Bonchev–Trinajstić information content (AvgIpc) is 2.43. The number of hydrogen-bond donors (Lipinski definition) is 1. The molecule has 0 aliphatic rings. The van der Waals surface area contributed by atoms with Crippen LogP contribution in [0.25, 0.3) is 0 Å². The van der Waals surface area contributed by atoms with Crippen molar-refractivity contribution in [3.8, 4) is 0 Å². The lowest BCUT2D eigenvalue weighted by atomic mass is 10.0. The molecule has 102 valence electrons. The predicted octanol–water partition coefficient (Wildman–Crippen LogP) is 2.78. The van der Waals surface area contributed by atoms with E-state index < -0.39 is 0 Å². The molecule has 0 aromatic heterocycles. The Bertz CT molecular complexity index is 290. The highest BCUT2D eigenvalue weighted by atomic mass is 16.5. The molecule has 0 radical (unpaired) electrons. The molecule has 0 aliphatic heterocycles. The summed E-state index contributed by atoms with van der Waals surface area (Å²) < 4.78 is 10.4. The Labute approximate surface area is 110 Å². The molecule has 1 unspecified atom stereocenters. The maximum atomic E-state index is 5.43. The van der Waals surface area contributed by atoms with Gasteiger partial charge in [-0.15, -0.1) is 0 Å². The molecule has 1 N–H and O–H groups in total. The summed E-state index contributed by atoms with van der Waals surface area (Å²) in [5.41, 5.74) is 1.36. The lowest BCUT2D eigenvalue weighted by Crippen LogP contribution is -2.23. The molecule has 0 aliphatic carbocycles. The fourth-order valence-electron chi connectivity index (χ4n) is 1.88. The molecule has 18 heavy (non-hydrogen) atoms. The number of nitrogens with one attached hydrogen (secondary N) is 1. The van der Waals surface area contributed by atoms with E-state index >= 15 is 0 Å². The van der Waals surface area contributed by atoms with Crippen LogP contribution in [0.1, 0.15) is 31.4 Å². The van der Waals surface area contributed by atoms with E-state index in [-0.39, 0.29) is 0 Å². The normalized spacial score (nSPS) is 12.6. The molecule has 0 saturated heterocycles. The molecule has 0 saturated carbocycles. The number of rotatable bonds is 10. The molecule has 1 rings (SSSR count). The van der Waals surface area contributed by atoms with Gasteiger partial charge in [0.05, 0.1) is 13.2 Å². The van der Waals surface area contributed by atoms with Gasteiger partial charge in [0, 0.05) is 19.8 Å². The van der Waals surface area contributed by atoms with Crippen LogP contribution in [0.15, 0.2) is 30.3 Å². The zero-order chi connectivity index (χ0) is 13.1. The molecule has 1 aromatic rings. The highest BCUT2D eigenvalue weighted by Crippen LogP contribution is 2.15. The van der Waals surface area contributed by atoms with E-state index in [1.165, 1.54) is 5.56 Å². The Hall–Kier alpha value is -0.900. The average molecular weight is 251 g/mol. The van der Waals surface area contributed by atoms with Gasteiger partial charge in [0.25, 0.3) is 0 Å². The first-order valence-electron chi connectivity index (χ1n) is 6.73. The van der Waals surface area contributed by atoms with Crippen molar-refractivity contribution >= 4 is 0 Å². The molecule has 0 heterocycles. The second-order valence-electron chi connectivity index (χ2n) is 4.28. The Kier molecular flexibility index (Phi) is 8.47. The van der Waals surface area contributed by atoms with Gasteiger partial charge in [-0.2, -0.15) is 0 Å². The Morgan fingerprint density at radius 2 is 1.89 bits per heavy atom. The van der Waals surface area contributed by atoms with Crippen molar-refractivity contribution in [1.29, 1.82) is 0 Å². The van der Waals surface area contributed by atoms with Crippen molar-refractivity contribution in [3.05, 3.63) is 35.9 Å². The van der Waals surface area contributed by atoms with Crippen LogP contribution in [-0.2, 0) is 9.47 Å². The summed E-state index contributed by atoms with van der Waals surface area (Å²) in [6.45, 7) is 5.35. The molecule has 0 fully saturated rings. The minimum Gasteiger partial charge on any atom is -0.382 e. The van der Waals surface area contributed by atoms with E-state index in [1.54, 1.807) is 7.11 Å². The quantitative estimate of drug-likeness (QED) is 0.649. The molecule has 1 atom stereocenters. The maximum absolute atomic E-state index is 5.43. The van der Waals surface area contributed by atoms with Crippen molar-refractivity contribution in [2.75, 3.05) is 33.5 Å². The van der Waals surface area contributed by atoms with Crippen LogP contribution >= 0.6 is 0 Å². The second-order valence-corrected chi connectivity index (χ2v) is 4.28. The number of hydrogen-bond acceptors (Lipinski definition) is 3. The van der Waals surface area contributed by atoms with Crippen LogP contribution in [-0.4, -0.2) is 33.5 Å². The first-order chi connectivity index (χ1) is 8.88. The zero-order valence-corrected chi connectivity index (χ0v) is 11.5. The lowest BCUT2D eigenvalue weighted by molar-refractivity contribution is 0.0692. The van der Waals surface area contributed by atoms with E-state index in [2.05, 4.69) is 42.6 Å². The van der Waals surface area contributed by atoms with Crippen LogP contribution in [0.4, 0.5) is 0 Å². The van der Waals surface area contributed by atoms with E-state index in [0.717, 1.165) is 26.0 Å². The van der Waals surface area contributed by atoms with E-state index in [4.69, 9.17) is 9.47 Å². The Balaban J connectivity index is 2.13. The molecule has 3 heteroatoms. The topological polar surface area (TPSA) is 30.5 Å². The molecule has 1 aromatic carbocycles. The van der Waals surface area contributed by atoms with Crippen molar-refractivity contribution < 1.29 is 9.47 Å². The largest absolute Gasteiger partial charge is 0.382 e. The monoisotopic (exact) mass is 251 g/mol. The summed E-state index contributed by atoms with van der Waals surface area (Å²) >= 11 is 0. The van der Waals surface area contributed by atoms with E-state index in [0.29, 0.717) is 19.3 Å². The smallest absolute Gasteiger partial charge is 0.0700 e. The van der Waals surface area contributed by atoms with Crippen molar-refractivity contribution in [1.82, 2.24) is 5.32 Å². The maximum Gasteiger partial charge on any atom is 0.0700 e. The summed E-state index contributed by atoms with van der Waals surface area (Å²) in [6.07, 6.45) is 2.14. The summed E-state index contributed by atoms with van der Waals surface area (Å²) in [5, 5.41) is 3.57.